The number of hydrogen-bond donors (Lipinski definition) is 0. The van der Waals surface area contributed by atoms with Gasteiger partial charge in [-0.1, -0.05) is 134 Å². The highest BCUT2D eigenvalue weighted by Crippen LogP contribution is 2.49. The summed E-state index contributed by atoms with van der Waals surface area (Å²) in [6, 6.07) is 61.2. The number of benzene rings is 8. The third kappa shape index (κ3) is 4.32. The third-order valence-electron chi connectivity index (χ3n) is 11.3. The molecule has 0 saturated heterocycles. The first-order valence-corrected chi connectivity index (χ1v) is 22.6. The van der Waals surface area contributed by atoms with E-state index in [9.17, 15) is 0 Å². The Kier molecular flexibility index (Phi) is 6.51. The molecule has 2 aromatic heterocycles. The summed E-state index contributed by atoms with van der Waals surface area (Å²) in [5.41, 5.74) is 8.82. The van der Waals surface area contributed by atoms with Crippen LogP contribution >= 0.6 is 22.7 Å². The highest BCUT2D eigenvalue weighted by molar-refractivity contribution is 7.28. The Morgan fingerprint density at radius 3 is 2.00 bits per heavy atom. The van der Waals surface area contributed by atoms with Crippen LogP contribution in [0.25, 0.3) is 73.4 Å². The van der Waals surface area contributed by atoms with Gasteiger partial charge < -0.3 is 4.90 Å². The summed E-state index contributed by atoms with van der Waals surface area (Å²) in [5, 5.41) is 11.1. The van der Waals surface area contributed by atoms with Crippen LogP contribution in [-0.4, -0.2) is 8.07 Å². The molecule has 52 heavy (non-hydrogen) atoms. The van der Waals surface area contributed by atoms with Gasteiger partial charge in [-0.15, -0.1) is 22.7 Å². The first-order valence-electron chi connectivity index (χ1n) is 17.9. The van der Waals surface area contributed by atoms with Crippen molar-refractivity contribution in [3.8, 4) is 22.3 Å². The predicted molar refractivity (Wildman–Crippen MR) is 232 cm³/mol. The molecule has 8 aromatic carbocycles. The van der Waals surface area contributed by atoms with Gasteiger partial charge in [0.2, 0.25) is 0 Å². The van der Waals surface area contributed by atoms with E-state index in [1.165, 1.54) is 95.1 Å². The van der Waals surface area contributed by atoms with Crippen LogP contribution in [0, 0.1) is 0 Å². The SMILES string of the molecule is C[Si]1(C)c2ccccc2-c2c(N(c3ccc(-c4ccccc4)cc3)c3ccc4c(c3)sc3ccc5sc6c7ccccc7ccc6c5c34)cccc21. The molecule has 0 bridgehead atoms. The molecule has 0 aliphatic carbocycles. The van der Waals surface area contributed by atoms with E-state index in [0.29, 0.717) is 0 Å². The quantitative estimate of drug-likeness (QED) is 0.164. The molecule has 1 nitrogen and oxygen atoms in total. The molecule has 0 fully saturated rings. The van der Waals surface area contributed by atoms with Gasteiger partial charge in [-0.25, -0.2) is 0 Å². The van der Waals surface area contributed by atoms with E-state index in [-0.39, 0.29) is 0 Å². The number of nitrogens with zero attached hydrogens (tertiary/aromatic N) is 1. The maximum atomic E-state index is 2.51. The Bertz CT molecular complexity index is 3040. The monoisotopic (exact) mass is 715 g/mol. The lowest BCUT2D eigenvalue weighted by Gasteiger charge is -2.29. The van der Waals surface area contributed by atoms with Crippen molar-refractivity contribution in [2.45, 2.75) is 13.1 Å². The maximum Gasteiger partial charge on any atom is 0.113 e. The van der Waals surface area contributed by atoms with Crippen LogP contribution in [0.2, 0.25) is 13.1 Å². The Hall–Kier alpha value is -5.52. The number of rotatable bonds is 4. The van der Waals surface area contributed by atoms with Gasteiger partial charge in [0.1, 0.15) is 8.07 Å². The van der Waals surface area contributed by atoms with Gasteiger partial charge >= 0.3 is 0 Å². The summed E-state index contributed by atoms with van der Waals surface area (Å²) in [4.78, 5) is 2.51. The summed E-state index contributed by atoms with van der Waals surface area (Å²) < 4.78 is 5.39. The predicted octanol–water partition coefficient (Wildman–Crippen LogP) is 13.5. The lowest BCUT2D eigenvalue weighted by molar-refractivity contribution is 1.29. The molecule has 0 atom stereocenters. The van der Waals surface area contributed by atoms with Crippen molar-refractivity contribution in [2.24, 2.45) is 0 Å². The standard InChI is InChI=1S/C48H33NS2Si/c1-52(2)43-17-9-8-15-37(43)45-39(16-10-18-44(45)52)49(33-22-19-31(20-23-33)30-11-4-3-5-12-30)34-24-26-36-42(29-34)50-40-27-28-41-47(46(36)40)38-25-21-32-13-6-7-14-35(32)48(38)51-41/h3-29H,1-2H3. The lowest BCUT2D eigenvalue weighted by Crippen LogP contribution is -2.49. The van der Waals surface area contributed by atoms with E-state index >= 15 is 0 Å². The molecule has 0 N–H and O–H groups in total. The van der Waals surface area contributed by atoms with Crippen molar-refractivity contribution >= 4 is 109 Å². The fraction of sp³-hybridized carbons (Fsp3) is 0.0417. The second-order valence-electron chi connectivity index (χ2n) is 14.5. The highest BCUT2D eigenvalue weighted by Gasteiger charge is 2.39. The van der Waals surface area contributed by atoms with E-state index in [4.69, 9.17) is 0 Å². The van der Waals surface area contributed by atoms with Crippen molar-refractivity contribution in [1.29, 1.82) is 0 Å². The van der Waals surface area contributed by atoms with Crippen LogP contribution in [-0.2, 0) is 0 Å². The average Bonchev–Trinajstić information content (AvgIpc) is 3.83. The van der Waals surface area contributed by atoms with Crippen molar-refractivity contribution in [1.82, 2.24) is 0 Å². The van der Waals surface area contributed by atoms with Crippen LogP contribution in [0.4, 0.5) is 17.1 Å². The van der Waals surface area contributed by atoms with Gasteiger partial charge in [0.25, 0.3) is 0 Å². The molecule has 3 heterocycles. The maximum absolute atomic E-state index is 2.51. The topological polar surface area (TPSA) is 3.24 Å². The summed E-state index contributed by atoms with van der Waals surface area (Å²) in [7, 11) is -1.86. The molecule has 1 aliphatic rings. The van der Waals surface area contributed by atoms with Crippen molar-refractivity contribution in [3.05, 3.63) is 164 Å². The summed E-state index contributed by atoms with van der Waals surface area (Å²) in [5.74, 6) is 0. The minimum Gasteiger partial charge on any atom is -0.310 e. The van der Waals surface area contributed by atoms with E-state index in [2.05, 4.69) is 182 Å². The van der Waals surface area contributed by atoms with E-state index < -0.39 is 8.07 Å². The van der Waals surface area contributed by atoms with Gasteiger partial charge in [-0.2, -0.15) is 0 Å². The summed E-state index contributed by atoms with van der Waals surface area (Å²) in [6.07, 6.45) is 0. The fourth-order valence-electron chi connectivity index (χ4n) is 8.77. The Morgan fingerprint density at radius 1 is 0.462 bits per heavy atom. The molecule has 10 aromatic rings. The smallest absolute Gasteiger partial charge is 0.113 e. The number of anilines is 3. The highest BCUT2D eigenvalue weighted by atomic mass is 32.1. The largest absolute Gasteiger partial charge is 0.310 e. The fourth-order valence-corrected chi connectivity index (χ4v) is 14.2. The van der Waals surface area contributed by atoms with Crippen LogP contribution in [0.1, 0.15) is 0 Å². The molecule has 0 unspecified atom stereocenters. The average molecular weight is 716 g/mol. The molecule has 1 aliphatic heterocycles. The Morgan fingerprint density at radius 2 is 1.13 bits per heavy atom. The van der Waals surface area contributed by atoms with Gasteiger partial charge in [0.15, 0.2) is 0 Å². The minimum absolute atomic E-state index is 1.16. The van der Waals surface area contributed by atoms with Crippen LogP contribution in [0.5, 0.6) is 0 Å². The van der Waals surface area contributed by atoms with Gasteiger partial charge in [-0.3, -0.25) is 0 Å². The number of thiophene rings is 2. The van der Waals surface area contributed by atoms with Crippen LogP contribution in [0.3, 0.4) is 0 Å². The second kappa shape index (κ2) is 11.2. The van der Waals surface area contributed by atoms with Crippen molar-refractivity contribution < 1.29 is 0 Å². The molecule has 0 saturated carbocycles. The van der Waals surface area contributed by atoms with Gasteiger partial charge in [0.05, 0.1) is 5.69 Å². The third-order valence-corrected chi connectivity index (χ3v) is 17.1. The Balaban J connectivity index is 1.14. The lowest BCUT2D eigenvalue weighted by atomic mass is 10.0. The zero-order valence-corrected chi connectivity index (χ0v) is 31.5. The first-order chi connectivity index (χ1) is 25.5. The second-order valence-corrected chi connectivity index (χ2v) is 20.9. The van der Waals surface area contributed by atoms with Crippen LogP contribution < -0.4 is 15.3 Å². The molecule has 0 radical (unpaired) electrons. The molecule has 4 heteroatoms. The van der Waals surface area contributed by atoms with Gasteiger partial charge in [-0.05, 0) is 80.3 Å². The normalized spacial score (nSPS) is 13.3. The summed E-state index contributed by atoms with van der Waals surface area (Å²) >= 11 is 3.84. The van der Waals surface area contributed by atoms with E-state index in [1.807, 2.05) is 22.7 Å². The minimum atomic E-state index is -1.86. The zero-order chi connectivity index (χ0) is 34.6. The molecule has 0 spiro atoms. The Labute approximate surface area is 311 Å². The van der Waals surface area contributed by atoms with Gasteiger partial charge in [0, 0.05) is 57.3 Å². The molecular weight excluding hydrogens is 683 g/mol. The van der Waals surface area contributed by atoms with E-state index in [0.717, 1.165) is 5.69 Å². The molecular formula is C48H33NS2Si. The summed E-state index contributed by atoms with van der Waals surface area (Å²) in [6.45, 7) is 5.00. The number of hydrogen-bond acceptors (Lipinski definition) is 3. The van der Waals surface area contributed by atoms with Crippen molar-refractivity contribution in [2.75, 3.05) is 4.90 Å². The molecule has 0 amide bonds. The molecule has 246 valence electrons. The van der Waals surface area contributed by atoms with Crippen LogP contribution in [0.15, 0.2) is 164 Å². The van der Waals surface area contributed by atoms with E-state index in [1.54, 1.807) is 0 Å². The zero-order valence-electron chi connectivity index (χ0n) is 28.9. The first kappa shape index (κ1) is 30.1. The molecule has 11 rings (SSSR count). The van der Waals surface area contributed by atoms with Crippen molar-refractivity contribution in [3.63, 3.8) is 0 Å². The number of fused-ring (bicyclic) bond motifs is 12.